The van der Waals surface area contributed by atoms with Crippen LogP contribution >= 0.6 is 0 Å². The molecular formula is C13H16N2O3S. The number of hydrogen-bond acceptors (Lipinski definition) is 4. The number of hydrogen-bond donors (Lipinski definition) is 2. The average molecular weight is 280 g/mol. The van der Waals surface area contributed by atoms with Crippen molar-refractivity contribution in [1.82, 2.24) is 4.72 Å². The van der Waals surface area contributed by atoms with Gasteiger partial charge >= 0.3 is 0 Å². The predicted molar refractivity (Wildman–Crippen MR) is 71.8 cm³/mol. The number of nitrogens with two attached hydrogens (primary N) is 1. The van der Waals surface area contributed by atoms with Gasteiger partial charge in [-0.25, -0.2) is 13.1 Å². The molecule has 0 saturated carbocycles. The van der Waals surface area contributed by atoms with Crippen LogP contribution in [0, 0.1) is 6.92 Å². The van der Waals surface area contributed by atoms with Crippen LogP contribution in [0.25, 0.3) is 0 Å². The van der Waals surface area contributed by atoms with Gasteiger partial charge in [0.05, 0.1) is 18.0 Å². The largest absolute Gasteiger partial charge is 0.463 e. The Labute approximate surface area is 112 Å². The van der Waals surface area contributed by atoms with Crippen LogP contribution in [0.15, 0.2) is 45.7 Å². The van der Waals surface area contributed by atoms with Crippen molar-refractivity contribution in [3.8, 4) is 0 Å². The SMILES string of the molecule is Cc1ccc(S(=O)(=O)NCc2ccc(CN)o2)cc1. The topological polar surface area (TPSA) is 85.3 Å². The van der Waals surface area contributed by atoms with Gasteiger partial charge in [-0.05, 0) is 31.2 Å². The number of rotatable bonds is 5. The van der Waals surface area contributed by atoms with E-state index in [0.717, 1.165) is 5.56 Å². The molecule has 5 nitrogen and oxygen atoms in total. The van der Waals surface area contributed by atoms with Crippen LogP contribution in [0.2, 0.25) is 0 Å². The number of furan rings is 1. The first-order chi connectivity index (χ1) is 9.01. The van der Waals surface area contributed by atoms with E-state index in [0.29, 0.717) is 18.1 Å². The zero-order valence-corrected chi connectivity index (χ0v) is 11.4. The summed E-state index contributed by atoms with van der Waals surface area (Å²) < 4.78 is 31.8. The number of aryl methyl sites for hydroxylation is 1. The van der Waals surface area contributed by atoms with Gasteiger partial charge in [0.15, 0.2) is 0 Å². The number of benzene rings is 1. The molecule has 1 aromatic carbocycles. The van der Waals surface area contributed by atoms with E-state index >= 15 is 0 Å². The third-order valence-electron chi connectivity index (χ3n) is 2.69. The molecule has 0 saturated heterocycles. The molecule has 0 amide bonds. The summed E-state index contributed by atoms with van der Waals surface area (Å²) in [6.07, 6.45) is 0. The van der Waals surface area contributed by atoms with Gasteiger partial charge in [0.1, 0.15) is 11.5 Å². The molecule has 0 spiro atoms. The lowest BCUT2D eigenvalue weighted by atomic mass is 10.2. The summed E-state index contributed by atoms with van der Waals surface area (Å²) in [7, 11) is -3.51. The molecule has 0 radical (unpaired) electrons. The highest BCUT2D eigenvalue weighted by Gasteiger charge is 2.14. The van der Waals surface area contributed by atoms with Crippen molar-refractivity contribution in [1.29, 1.82) is 0 Å². The molecule has 2 rings (SSSR count). The van der Waals surface area contributed by atoms with E-state index in [-0.39, 0.29) is 11.4 Å². The molecule has 2 aromatic rings. The van der Waals surface area contributed by atoms with Crippen molar-refractivity contribution >= 4 is 10.0 Å². The molecule has 19 heavy (non-hydrogen) atoms. The first kappa shape index (κ1) is 13.8. The molecule has 0 unspecified atom stereocenters. The summed E-state index contributed by atoms with van der Waals surface area (Å²) in [6.45, 7) is 2.31. The molecule has 1 aromatic heterocycles. The Morgan fingerprint density at radius 3 is 2.32 bits per heavy atom. The lowest BCUT2D eigenvalue weighted by Crippen LogP contribution is -2.22. The van der Waals surface area contributed by atoms with Gasteiger partial charge < -0.3 is 10.2 Å². The maximum Gasteiger partial charge on any atom is 0.240 e. The summed E-state index contributed by atoms with van der Waals surface area (Å²) in [5, 5.41) is 0. The van der Waals surface area contributed by atoms with Crippen LogP contribution in [-0.4, -0.2) is 8.42 Å². The second-order valence-corrected chi connectivity index (χ2v) is 5.98. The van der Waals surface area contributed by atoms with Crippen LogP contribution in [0.1, 0.15) is 17.1 Å². The fourth-order valence-corrected chi connectivity index (χ4v) is 2.59. The molecule has 0 aliphatic carbocycles. The lowest BCUT2D eigenvalue weighted by Gasteiger charge is -2.05. The fourth-order valence-electron chi connectivity index (χ4n) is 1.59. The van der Waals surface area contributed by atoms with Crippen molar-refractivity contribution < 1.29 is 12.8 Å². The molecule has 0 bridgehead atoms. The van der Waals surface area contributed by atoms with Crippen LogP contribution in [-0.2, 0) is 23.1 Å². The number of sulfonamides is 1. The Balaban J connectivity index is 2.07. The maximum atomic E-state index is 12.0. The van der Waals surface area contributed by atoms with Gasteiger partial charge in [0.25, 0.3) is 0 Å². The zero-order valence-electron chi connectivity index (χ0n) is 10.6. The molecule has 1 heterocycles. The van der Waals surface area contributed by atoms with E-state index in [1.807, 2.05) is 6.92 Å². The Morgan fingerprint density at radius 2 is 1.74 bits per heavy atom. The Hall–Kier alpha value is -1.63. The minimum atomic E-state index is -3.51. The van der Waals surface area contributed by atoms with Crippen LogP contribution in [0.4, 0.5) is 0 Å². The molecule has 0 aliphatic heterocycles. The smallest absolute Gasteiger partial charge is 0.240 e. The molecule has 102 valence electrons. The zero-order chi connectivity index (χ0) is 13.9. The van der Waals surface area contributed by atoms with E-state index in [1.54, 1.807) is 36.4 Å². The second-order valence-electron chi connectivity index (χ2n) is 4.21. The first-order valence-electron chi connectivity index (χ1n) is 5.85. The highest BCUT2D eigenvalue weighted by Crippen LogP contribution is 2.12. The van der Waals surface area contributed by atoms with Gasteiger partial charge in [-0.15, -0.1) is 0 Å². The van der Waals surface area contributed by atoms with Crippen molar-refractivity contribution in [2.75, 3.05) is 0 Å². The maximum absolute atomic E-state index is 12.0. The average Bonchev–Trinajstić information content (AvgIpc) is 2.85. The van der Waals surface area contributed by atoms with Crippen molar-refractivity contribution in [2.45, 2.75) is 24.9 Å². The van der Waals surface area contributed by atoms with E-state index in [2.05, 4.69) is 4.72 Å². The minimum Gasteiger partial charge on any atom is -0.463 e. The Kier molecular flexibility index (Phi) is 4.04. The molecule has 3 N–H and O–H groups in total. The van der Waals surface area contributed by atoms with Gasteiger partial charge in [-0.1, -0.05) is 17.7 Å². The Bertz CT molecular complexity index is 645. The third-order valence-corrected chi connectivity index (χ3v) is 4.10. The molecule has 0 atom stereocenters. The van der Waals surface area contributed by atoms with E-state index < -0.39 is 10.0 Å². The summed E-state index contributed by atoms with van der Waals surface area (Å²) in [6, 6.07) is 10.1. The van der Waals surface area contributed by atoms with Crippen molar-refractivity contribution in [3.63, 3.8) is 0 Å². The first-order valence-corrected chi connectivity index (χ1v) is 7.33. The molecule has 0 fully saturated rings. The normalized spacial score (nSPS) is 11.7. The van der Waals surface area contributed by atoms with Gasteiger partial charge in [-0.2, -0.15) is 0 Å². The summed E-state index contributed by atoms with van der Waals surface area (Å²) in [4.78, 5) is 0.240. The van der Waals surface area contributed by atoms with Crippen molar-refractivity contribution in [2.24, 2.45) is 5.73 Å². The minimum absolute atomic E-state index is 0.107. The second kappa shape index (κ2) is 5.56. The molecule has 6 heteroatoms. The lowest BCUT2D eigenvalue weighted by molar-refractivity contribution is 0.460. The van der Waals surface area contributed by atoms with E-state index in [4.69, 9.17) is 10.2 Å². The van der Waals surface area contributed by atoms with Crippen molar-refractivity contribution in [3.05, 3.63) is 53.5 Å². The summed E-state index contributed by atoms with van der Waals surface area (Å²) in [5.41, 5.74) is 6.43. The number of nitrogens with one attached hydrogen (secondary N) is 1. The fraction of sp³-hybridized carbons (Fsp3) is 0.231. The summed E-state index contributed by atoms with van der Waals surface area (Å²) >= 11 is 0. The van der Waals surface area contributed by atoms with Crippen LogP contribution < -0.4 is 10.5 Å². The monoisotopic (exact) mass is 280 g/mol. The highest BCUT2D eigenvalue weighted by atomic mass is 32.2. The Morgan fingerprint density at radius 1 is 1.11 bits per heavy atom. The molecule has 0 aliphatic rings. The molecular weight excluding hydrogens is 264 g/mol. The van der Waals surface area contributed by atoms with Gasteiger partial charge in [-0.3, -0.25) is 0 Å². The third kappa shape index (κ3) is 3.44. The van der Waals surface area contributed by atoms with Crippen LogP contribution in [0.3, 0.4) is 0 Å². The van der Waals surface area contributed by atoms with E-state index in [9.17, 15) is 8.42 Å². The standard InChI is InChI=1S/C13H16N2O3S/c1-10-2-6-13(7-3-10)19(16,17)15-9-12-5-4-11(8-14)18-12/h2-7,15H,8-9,14H2,1H3. The van der Waals surface area contributed by atoms with Gasteiger partial charge in [0, 0.05) is 0 Å². The van der Waals surface area contributed by atoms with Gasteiger partial charge in [0.2, 0.25) is 10.0 Å². The predicted octanol–water partition coefficient (Wildman–Crippen LogP) is 1.53. The van der Waals surface area contributed by atoms with E-state index in [1.165, 1.54) is 0 Å². The highest BCUT2D eigenvalue weighted by molar-refractivity contribution is 7.89. The van der Waals surface area contributed by atoms with Crippen LogP contribution in [0.5, 0.6) is 0 Å². The summed E-state index contributed by atoms with van der Waals surface area (Å²) in [5.74, 6) is 1.17. The quantitative estimate of drug-likeness (QED) is 0.869.